The van der Waals surface area contributed by atoms with Gasteiger partial charge >= 0.3 is 0 Å². The number of aromatic nitrogens is 2. The lowest BCUT2D eigenvalue weighted by Crippen LogP contribution is -2.49. The van der Waals surface area contributed by atoms with Gasteiger partial charge in [-0.3, -0.25) is 14.3 Å². The van der Waals surface area contributed by atoms with Gasteiger partial charge in [-0.15, -0.1) is 0 Å². The number of nitrogens with zero attached hydrogens (tertiary/aromatic N) is 4. The Bertz CT molecular complexity index is 519. The molecular formula is C14H23N5O2. The fourth-order valence-electron chi connectivity index (χ4n) is 2.38. The van der Waals surface area contributed by atoms with Crippen LogP contribution in [-0.2, 0) is 18.3 Å². The van der Waals surface area contributed by atoms with E-state index in [1.165, 1.54) is 4.90 Å². The standard InChI is InChI=1S/C14H23N5O2/c1-4-11-9-12(18(3)16-11)14(21)17(2)10-13(20)19-7-5-15-6-8-19/h9,15H,4-8,10H2,1-3H3. The van der Waals surface area contributed by atoms with Crippen molar-refractivity contribution in [1.82, 2.24) is 24.9 Å². The normalized spacial score (nSPS) is 15.1. The minimum atomic E-state index is -0.173. The van der Waals surface area contributed by atoms with Crippen LogP contribution >= 0.6 is 0 Å². The Morgan fingerprint density at radius 3 is 2.62 bits per heavy atom. The number of rotatable bonds is 4. The van der Waals surface area contributed by atoms with Crippen molar-refractivity contribution >= 4 is 11.8 Å². The summed E-state index contributed by atoms with van der Waals surface area (Å²) in [6.45, 7) is 5.12. The van der Waals surface area contributed by atoms with Crippen molar-refractivity contribution in [2.24, 2.45) is 7.05 Å². The third kappa shape index (κ3) is 3.60. The molecule has 1 aromatic heterocycles. The van der Waals surface area contributed by atoms with E-state index in [1.54, 1.807) is 29.7 Å². The Morgan fingerprint density at radius 1 is 1.38 bits per heavy atom. The largest absolute Gasteiger partial charge is 0.339 e. The van der Waals surface area contributed by atoms with E-state index in [4.69, 9.17) is 0 Å². The number of aryl methyl sites for hydroxylation is 2. The van der Waals surface area contributed by atoms with Crippen LogP contribution in [0.2, 0.25) is 0 Å². The number of carbonyl (C=O) groups excluding carboxylic acids is 2. The fourth-order valence-corrected chi connectivity index (χ4v) is 2.38. The molecule has 1 aromatic rings. The summed E-state index contributed by atoms with van der Waals surface area (Å²) in [6.07, 6.45) is 0.782. The summed E-state index contributed by atoms with van der Waals surface area (Å²) in [6, 6.07) is 1.79. The summed E-state index contributed by atoms with van der Waals surface area (Å²) in [5, 5.41) is 7.47. The Morgan fingerprint density at radius 2 is 2.05 bits per heavy atom. The molecule has 2 rings (SSSR count). The number of hydrogen-bond donors (Lipinski definition) is 1. The molecule has 0 bridgehead atoms. The van der Waals surface area contributed by atoms with Crippen LogP contribution in [0.4, 0.5) is 0 Å². The summed E-state index contributed by atoms with van der Waals surface area (Å²) in [7, 11) is 3.40. The first-order valence-corrected chi connectivity index (χ1v) is 7.29. The molecule has 116 valence electrons. The fraction of sp³-hybridized carbons (Fsp3) is 0.643. The molecular weight excluding hydrogens is 270 g/mol. The average Bonchev–Trinajstić information content (AvgIpc) is 2.88. The van der Waals surface area contributed by atoms with Gasteiger partial charge in [0.25, 0.3) is 5.91 Å². The van der Waals surface area contributed by atoms with Crippen molar-refractivity contribution in [3.05, 3.63) is 17.5 Å². The van der Waals surface area contributed by atoms with Gasteiger partial charge in [-0.25, -0.2) is 0 Å². The molecule has 2 heterocycles. The molecule has 0 radical (unpaired) electrons. The van der Waals surface area contributed by atoms with Gasteiger partial charge in [-0.1, -0.05) is 6.92 Å². The lowest BCUT2D eigenvalue weighted by atomic mass is 10.3. The highest BCUT2D eigenvalue weighted by Crippen LogP contribution is 2.07. The Kier molecular flexibility index (Phi) is 4.95. The number of hydrogen-bond acceptors (Lipinski definition) is 4. The van der Waals surface area contributed by atoms with E-state index in [1.807, 2.05) is 6.92 Å². The van der Waals surface area contributed by atoms with E-state index in [-0.39, 0.29) is 18.4 Å². The first-order valence-electron chi connectivity index (χ1n) is 7.29. The number of piperazine rings is 1. The monoisotopic (exact) mass is 293 g/mol. The van der Waals surface area contributed by atoms with Gasteiger partial charge in [0.15, 0.2) is 0 Å². The highest BCUT2D eigenvalue weighted by atomic mass is 16.2. The number of likely N-dealkylation sites (N-methyl/N-ethyl adjacent to an activating group) is 1. The van der Waals surface area contributed by atoms with E-state index >= 15 is 0 Å². The van der Waals surface area contributed by atoms with Gasteiger partial charge in [-0.05, 0) is 12.5 Å². The first kappa shape index (κ1) is 15.5. The van der Waals surface area contributed by atoms with Gasteiger partial charge < -0.3 is 15.1 Å². The van der Waals surface area contributed by atoms with Crippen molar-refractivity contribution in [1.29, 1.82) is 0 Å². The Balaban J connectivity index is 1.98. The maximum Gasteiger partial charge on any atom is 0.272 e. The van der Waals surface area contributed by atoms with Crippen molar-refractivity contribution in [3.63, 3.8) is 0 Å². The third-order valence-electron chi connectivity index (χ3n) is 3.70. The Labute approximate surface area is 124 Å². The number of amides is 2. The molecule has 7 heteroatoms. The lowest BCUT2D eigenvalue weighted by Gasteiger charge is -2.29. The molecule has 0 atom stereocenters. The molecule has 21 heavy (non-hydrogen) atoms. The molecule has 0 unspecified atom stereocenters. The van der Waals surface area contributed by atoms with Gasteiger partial charge in [0, 0.05) is 40.3 Å². The number of nitrogens with one attached hydrogen (secondary N) is 1. The van der Waals surface area contributed by atoms with Crippen LogP contribution in [0, 0.1) is 0 Å². The second-order valence-corrected chi connectivity index (χ2v) is 5.29. The highest BCUT2D eigenvalue weighted by Gasteiger charge is 2.22. The molecule has 0 aliphatic carbocycles. The zero-order valence-corrected chi connectivity index (χ0v) is 12.9. The van der Waals surface area contributed by atoms with Crippen molar-refractivity contribution in [2.45, 2.75) is 13.3 Å². The van der Waals surface area contributed by atoms with Crippen molar-refractivity contribution in [2.75, 3.05) is 39.8 Å². The van der Waals surface area contributed by atoms with Gasteiger partial charge in [0.1, 0.15) is 5.69 Å². The maximum absolute atomic E-state index is 12.4. The molecule has 2 amide bonds. The average molecular weight is 293 g/mol. The van der Waals surface area contributed by atoms with E-state index in [9.17, 15) is 9.59 Å². The topological polar surface area (TPSA) is 70.5 Å². The predicted molar refractivity (Wildman–Crippen MR) is 79.0 cm³/mol. The van der Waals surface area contributed by atoms with Crippen molar-refractivity contribution < 1.29 is 9.59 Å². The van der Waals surface area contributed by atoms with Gasteiger partial charge in [-0.2, -0.15) is 5.10 Å². The molecule has 0 aromatic carbocycles. The van der Waals surface area contributed by atoms with Crippen LogP contribution < -0.4 is 5.32 Å². The molecule has 1 aliphatic heterocycles. The van der Waals surface area contributed by atoms with Crippen LogP contribution in [0.25, 0.3) is 0 Å². The third-order valence-corrected chi connectivity index (χ3v) is 3.70. The zero-order chi connectivity index (χ0) is 15.4. The summed E-state index contributed by atoms with van der Waals surface area (Å²) < 4.78 is 1.58. The van der Waals surface area contributed by atoms with Crippen molar-refractivity contribution in [3.8, 4) is 0 Å². The second kappa shape index (κ2) is 6.71. The minimum Gasteiger partial charge on any atom is -0.339 e. The molecule has 1 fully saturated rings. The lowest BCUT2D eigenvalue weighted by molar-refractivity contribution is -0.132. The zero-order valence-electron chi connectivity index (χ0n) is 12.9. The summed E-state index contributed by atoms with van der Waals surface area (Å²) in [5.74, 6) is -0.182. The van der Waals surface area contributed by atoms with E-state index in [0.29, 0.717) is 18.8 Å². The van der Waals surface area contributed by atoms with Gasteiger partial charge in [0.2, 0.25) is 5.91 Å². The van der Waals surface area contributed by atoms with Crippen LogP contribution in [0.3, 0.4) is 0 Å². The number of carbonyl (C=O) groups is 2. The van der Waals surface area contributed by atoms with E-state index in [0.717, 1.165) is 25.2 Å². The Hall–Kier alpha value is -1.89. The van der Waals surface area contributed by atoms with Crippen LogP contribution in [0.1, 0.15) is 23.1 Å². The molecule has 1 N–H and O–H groups in total. The quantitative estimate of drug-likeness (QED) is 0.811. The smallest absolute Gasteiger partial charge is 0.272 e. The van der Waals surface area contributed by atoms with Crippen LogP contribution in [0.5, 0.6) is 0 Å². The minimum absolute atomic E-state index is 0.00904. The molecule has 0 spiro atoms. The SMILES string of the molecule is CCc1cc(C(=O)N(C)CC(=O)N2CCNCC2)n(C)n1. The predicted octanol–water partition coefficient (Wildman–Crippen LogP) is -0.514. The van der Waals surface area contributed by atoms with Crippen LogP contribution in [-0.4, -0.2) is 71.2 Å². The van der Waals surface area contributed by atoms with E-state index < -0.39 is 0 Å². The highest BCUT2D eigenvalue weighted by molar-refractivity contribution is 5.95. The molecule has 1 saturated heterocycles. The summed E-state index contributed by atoms with van der Waals surface area (Å²) in [4.78, 5) is 27.8. The molecule has 7 nitrogen and oxygen atoms in total. The van der Waals surface area contributed by atoms with E-state index in [2.05, 4.69) is 10.4 Å². The summed E-state index contributed by atoms with van der Waals surface area (Å²) in [5.41, 5.74) is 1.39. The van der Waals surface area contributed by atoms with Crippen LogP contribution in [0.15, 0.2) is 6.07 Å². The molecule has 1 aliphatic rings. The molecule has 0 saturated carbocycles. The second-order valence-electron chi connectivity index (χ2n) is 5.29. The maximum atomic E-state index is 12.4. The van der Waals surface area contributed by atoms with Gasteiger partial charge in [0.05, 0.1) is 12.2 Å². The first-order chi connectivity index (χ1) is 10.0. The summed E-state index contributed by atoms with van der Waals surface area (Å²) >= 11 is 0.